The Hall–Kier alpha value is -2.86. The Morgan fingerprint density at radius 3 is 3.00 bits per heavy atom. The van der Waals surface area contributed by atoms with Crippen LogP contribution in [0.2, 0.25) is 0 Å². The zero-order valence-corrected chi connectivity index (χ0v) is 15.5. The van der Waals surface area contributed by atoms with Gasteiger partial charge in [0.25, 0.3) is 5.91 Å². The number of nitrogens with zero attached hydrogens (tertiary/aromatic N) is 1. The Morgan fingerprint density at radius 2 is 2.22 bits per heavy atom. The van der Waals surface area contributed by atoms with Crippen LogP contribution >= 0.6 is 0 Å². The van der Waals surface area contributed by atoms with Crippen LogP contribution in [0.4, 0.5) is 0 Å². The van der Waals surface area contributed by atoms with Gasteiger partial charge in [-0.25, -0.2) is 0 Å². The average Bonchev–Trinajstić information content (AvgIpc) is 3.26. The quantitative estimate of drug-likeness (QED) is 0.727. The monoisotopic (exact) mass is 365 g/mol. The molecule has 3 heterocycles. The highest BCUT2D eigenvalue weighted by molar-refractivity contribution is 6.07. The van der Waals surface area contributed by atoms with Crippen LogP contribution in [0.1, 0.15) is 33.7 Å². The summed E-state index contributed by atoms with van der Waals surface area (Å²) in [5.41, 5.74) is 3.37. The number of rotatable bonds is 5. The highest BCUT2D eigenvalue weighted by Crippen LogP contribution is 2.29. The Morgan fingerprint density at radius 1 is 1.33 bits per heavy atom. The van der Waals surface area contributed by atoms with Gasteiger partial charge in [-0.1, -0.05) is 0 Å². The number of ether oxygens (including phenoxy) is 1. The number of hydrogen-bond acceptors (Lipinski definition) is 5. The third-order valence-corrected chi connectivity index (χ3v) is 4.80. The first-order chi connectivity index (χ1) is 13.1. The molecule has 1 saturated heterocycles. The second-order valence-corrected chi connectivity index (χ2v) is 7.01. The minimum absolute atomic E-state index is 0.0972. The van der Waals surface area contributed by atoms with Crippen LogP contribution in [0, 0.1) is 13.8 Å². The van der Waals surface area contributed by atoms with E-state index in [2.05, 4.69) is 15.6 Å². The fourth-order valence-electron chi connectivity index (χ4n) is 3.47. The number of carbonyl (C=O) groups excluding carboxylic acids is 1. The molecule has 1 aliphatic heterocycles. The summed E-state index contributed by atoms with van der Waals surface area (Å²) in [5.74, 6) is 1.22. The summed E-state index contributed by atoms with van der Waals surface area (Å²) in [4.78, 5) is 17.0. The zero-order valence-electron chi connectivity index (χ0n) is 15.5. The van der Waals surface area contributed by atoms with E-state index in [1.807, 2.05) is 44.3 Å². The molecule has 6 heteroatoms. The molecule has 1 aliphatic rings. The van der Waals surface area contributed by atoms with Gasteiger partial charge in [0.15, 0.2) is 0 Å². The van der Waals surface area contributed by atoms with Gasteiger partial charge < -0.3 is 19.8 Å². The first kappa shape index (κ1) is 17.5. The third-order valence-electron chi connectivity index (χ3n) is 4.80. The Labute approximate surface area is 157 Å². The molecule has 1 atom stereocenters. The molecule has 6 nitrogen and oxygen atoms in total. The number of aromatic nitrogens is 1. The van der Waals surface area contributed by atoms with Gasteiger partial charge in [0, 0.05) is 35.9 Å². The molecule has 27 heavy (non-hydrogen) atoms. The predicted octanol–water partition coefficient (Wildman–Crippen LogP) is 3.12. The number of carbonyl (C=O) groups is 1. The van der Waals surface area contributed by atoms with Crippen molar-refractivity contribution in [3.63, 3.8) is 0 Å². The second kappa shape index (κ2) is 7.40. The molecule has 0 bridgehead atoms. The van der Waals surface area contributed by atoms with Crippen LogP contribution in [0.5, 0.6) is 5.75 Å². The minimum atomic E-state index is -0.0972. The lowest BCUT2D eigenvalue weighted by Crippen LogP contribution is -2.36. The Kier molecular flexibility index (Phi) is 4.81. The lowest BCUT2D eigenvalue weighted by molar-refractivity contribution is 0.0940. The van der Waals surface area contributed by atoms with E-state index in [0.717, 1.165) is 36.0 Å². The van der Waals surface area contributed by atoms with E-state index in [9.17, 15) is 4.79 Å². The summed E-state index contributed by atoms with van der Waals surface area (Å²) in [6.07, 6.45) is 4.55. The molecule has 3 aromatic rings. The van der Waals surface area contributed by atoms with E-state index in [-0.39, 0.29) is 11.9 Å². The van der Waals surface area contributed by atoms with Gasteiger partial charge in [0.2, 0.25) is 0 Å². The van der Waals surface area contributed by atoms with E-state index < -0.39 is 0 Å². The van der Waals surface area contributed by atoms with Gasteiger partial charge in [0.05, 0.1) is 5.56 Å². The molecule has 0 spiro atoms. The molecule has 2 aromatic heterocycles. The van der Waals surface area contributed by atoms with Crippen LogP contribution in [0.3, 0.4) is 0 Å². The normalized spacial score (nSPS) is 16.6. The topological polar surface area (TPSA) is 76.4 Å². The van der Waals surface area contributed by atoms with Gasteiger partial charge in [0.1, 0.15) is 23.7 Å². The minimum Gasteiger partial charge on any atom is -0.489 e. The first-order valence-corrected chi connectivity index (χ1v) is 9.18. The van der Waals surface area contributed by atoms with Crippen molar-refractivity contribution in [1.82, 2.24) is 15.6 Å². The van der Waals surface area contributed by atoms with Crippen molar-refractivity contribution < 1.29 is 13.9 Å². The molecule has 4 rings (SSSR count). The molecule has 1 aromatic carbocycles. The van der Waals surface area contributed by atoms with Crippen LogP contribution < -0.4 is 15.4 Å². The summed E-state index contributed by atoms with van der Waals surface area (Å²) in [5, 5.41) is 7.12. The van der Waals surface area contributed by atoms with Crippen LogP contribution in [-0.2, 0) is 6.61 Å². The molecule has 0 radical (unpaired) electrons. The smallest absolute Gasteiger partial charge is 0.255 e. The standard InChI is InChI=1S/C21H23N3O3/c1-13-7-15(10-23-9-13)12-26-17-3-4-19-18(8-17)20(14(2)27-19)21(25)24-16-5-6-22-11-16/h3-4,7-10,16,22H,5-6,11-12H2,1-2H3,(H,24,25)/t16-/m0/s1. The summed E-state index contributed by atoms with van der Waals surface area (Å²) in [6.45, 7) is 5.98. The van der Waals surface area contributed by atoms with Crippen molar-refractivity contribution in [2.24, 2.45) is 0 Å². The number of hydrogen-bond donors (Lipinski definition) is 2. The first-order valence-electron chi connectivity index (χ1n) is 9.18. The maximum Gasteiger partial charge on any atom is 0.255 e. The lowest BCUT2D eigenvalue weighted by Gasteiger charge is -2.11. The van der Waals surface area contributed by atoms with Crippen LogP contribution in [0.15, 0.2) is 41.1 Å². The van der Waals surface area contributed by atoms with Crippen molar-refractivity contribution in [1.29, 1.82) is 0 Å². The summed E-state index contributed by atoms with van der Waals surface area (Å²) in [7, 11) is 0. The summed E-state index contributed by atoms with van der Waals surface area (Å²) < 4.78 is 11.7. The molecule has 140 valence electrons. The van der Waals surface area contributed by atoms with E-state index >= 15 is 0 Å². The number of pyridine rings is 1. The highest BCUT2D eigenvalue weighted by atomic mass is 16.5. The predicted molar refractivity (Wildman–Crippen MR) is 103 cm³/mol. The molecular formula is C21H23N3O3. The van der Waals surface area contributed by atoms with Gasteiger partial charge in [-0.3, -0.25) is 9.78 Å². The van der Waals surface area contributed by atoms with Crippen molar-refractivity contribution in [2.45, 2.75) is 32.9 Å². The Balaban J connectivity index is 1.56. The fourth-order valence-corrected chi connectivity index (χ4v) is 3.47. The van der Waals surface area contributed by atoms with E-state index in [4.69, 9.17) is 9.15 Å². The summed E-state index contributed by atoms with van der Waals surface area (Å²) >= 11 is 0. The molecule has 0 saturated carbocycles. The van der Waals surface area contributed by atoms with E-state index in [0.29, 0.717) is 29.3 Å². The summed E-state index contributed by atoms with van der Waals surface area (Å²) in [6, 6.07) is 7.78. The number of benzene rings is 1. The maximum atomic E-state index is 12.8. The van der Waals surface area contributed by atoms with E-state index in [1.165, 1.54) is 0 Å². The van der Waals surface area contributed by atoms with Crippen LogP contribution in [0.25, 0.3) is 11.0 Å². The van der Waals surface area contributed by atoms with Gasteiger partial charge in [-0.05, 0) is 56.6 Å². The van der Waals surface area contributed by atoms with Crippen molar-refractivity contribution in [3.05, 3.63) is 59.1 Å². The SMILES string of the molecule is Cc1cncc(COc2ccc3oc(C)c(C(=O)N[C@H]4CCNC4)c3c2)c1. The molecule has 2 N–H and O–H groups in total. The molecule has 0 aliphatic carbocycles. The third kappa shape index (κ3) is 3.80. The molecule has 0 unspecified atom stereocenters. The van der Waals surface area contributed by atoms with Crippen molar-refractivity contribution in [2.75, 3.05) is 13.1 Å². The largest absolute Gasteiger partial charge is 0.489 e. The number of aryl methyl sites for hydroxylation is 2. The number of furan rings is 1. The number of amides is 1. The van der Waals surface area contributed by atoms with Crippen molar-refractivity contribution >= 4 is 16.9 Å². The van der Waals surface area contributed by atoms with Crippen molar-refractivity contribution in [3.8, 4) is 5.75 Å². The molecular weight excluding hydrogens is 342 g/mol. The maximum absolute atomic E-state index is 12.8. The van der Waals surface area contributed by atoms with E-state index in [1.54, 1.807) is 6.20 Å². The molecule has 1 amide bonds. The number of nitrogens with one attached hydrogen (secondary N) is 2. The highest BCUT2D eigenvalue weighted by Gasteiger charge is 2.23. The zero-order chi connectivity index (χ0) is 18.8. The van der Waals surface area contributed by atoms with Gasteiger partial charge >= 0.3 is 0 Å². The van der Waals surface area contributed by atoms with Crippen LogP contribution in [-0.4, -0.2) is 30.0 Å². The number of fused-ring (bicyclic) bond motifs is 1. The van der Waals surface area contributed by atoms with Gasteiger partial charge in [-0.2, -0.15) is 0 Å². The average molecular weight is 365 g/mol. The van der Waals surface area contributed by atoms with Gasteiger partial charge in [-0.15, -0.1) is 0 Å². The lowest BCUT2D eigenvalue weighted by atomic mass is 10.1. The molecule has 1 fully saturated rings. The Bertz CT molecular complexity index is 974. The fraction of sp³-hybridized carbons (Fsp3) is 0.333. The second-order valence-electron chi connectivity index (χ2n) is 7.01.